The van der Waals surface area contributed by atoms with Gasteiger partial charge in [0.05, 0.1) is 0 Å². The van der Waals surface area contributed by atoms with Gasteiger partial charge < -0.3 is 0 Å². The molecule has 0 N–H and O–H groups in total. The van der Waals surface area contributed by atoms with Gasteiger partial charge in [0, 0.05) is 26.2 Å². The topological polar surface area (TPSA) is 0 Å². The minimum Gasteiger partial charge on any atom is -0.270 e. The summed E-state index contributed by atoms with van der Waals surface area (Å²) in [7, 11) is 0. The van der Waals surface area contributed by atoms with Crippen molar-refractivity contribution in [2.24, 2.45) is 0 Å². The van der Waals surface area contributed by atoms with Crippen LogP contribution in [0.25, 0.3) is 0 Å². The van der Waals surface area contributed by atoms with Crippen molar-refractivity contribution in [2.75, 3.05) is 0 Å². The second-order valence-electron chi connectivity index (χ2n) is 2.03. The van der Waals surface area contributed by atoms with Crippen molar-refractivity contribution in [3.63, 3.8) is 0 Å². The minimum atomic E-state index is 0. The van der Waals surface area contributed by atoms with Crippen LogP contribution in [0.2, 0.25) is 0 Å². The maximum atomic E-state index is 3.19. The van der Waals surface area contributed by atoms with Crippen LogP contribution in [-0.2, 0) is 26.2 Å². The zero-order chi connectivity index (χ0) is 5.28. The Morgan fingerprint density at radius 2 is 2.00 bits per heavy atom. The fourth-order valence-electron chi connectivity index (χ4n) is 0.751. The minimum absolute atomic E-state index is 0. The smallest absolute Gasteiger partial charge is 0 e. The molecule has 0 aromatic carbocycles. The molecule has 0 spiro atoms. The molecule has 0 aromatic rings. The van der Waals surface area contributed by atoms with Crippen LogP contribution in [0, 0.1) is 6.08 Å². The molecule has 1 rings (SSSR count). The Balaban J connectivity index is 0. The van der Waals surface area contributed by atoms with Crippen LogP contribution in [0.5, 0.6) is 0 Å². The molecule has 0 aromatic heterocycles. The second-order valence-corrected chi connectivity index (χ2v) is 2.03. The van der Waals surface area contributed by atoms with E-state index in [0.717, 1.165) is 6.42 Å². The molecule has 0 radical (unpaired) electrons. The molecule has 0 unspecified atom stereocenters. The van der Waals surface area contributed by atoms with E-state index in [4.69, 9.17) is 0 Å². The van der Waals surface area contributed by atoms with Crippen molar-refractivity contribution < 1.29 is 26.2 Å². The van der Waals surface area contributed by atoms with Gasteiger partial charge in [-0.3, -0.25) is 6.08 Å². The molecule has 0 aliphatic heterocycles. The van der Waals surface area contributed by atoms with Gasteiger partial charge in [0.15, 0.2) is 0 Å². The monoisotopic (exact) mass is 219 g/mol. The summed E-state index contributed by atoms with van der Waals surface area (Å²) in [6.07, 6.45) is 6.41. The van der Waals surface area contributed by atoms with E-state index in [1.165, 1.54) is 11.1 Å². The summed E-state index contributed by atoms with van der Waals surface area (Å²) >= 11 is 0. The summed E-state index contributed by atoms with van der Waals surface area (Å²) in [4.78, 5) is 0. The quantitative estimate of drug-likeness (QED) is 0.551. The molecule has 0 amide bonds. The van der Waals surface area contributed by atoms with Gasteiger partial charge in [-0.2, -0.15) is 5.57 Å². The van der Waals surface area contributed by atoms with E-state index >= 15 is 0 Å². The molecule has 0 nitrogen and oxygen atoms in total. The van der Waals surface area contributed by atoms with Crippen LogP contribution < -0.4 is 0 Å². The summed E-state index contributed by atoms with van der Waals surface area (Å²) in [5.41, 5.74) is 2.72. The molecule has 0 bridgehead atoms. The molecule has 9 heavy (non-hydrogen) atoms. The van der Waals surface area contributed by atoms with Gasteiger partial charge >= 0.3 is 0 Å². The molecule has 0 atom stereocenters. The number of allylic oxidation sites excluding steroid dienone is 4. The largest absolute Gasteiger partial charge is 0.270 e. The van der Waals surface area contributed by atoms with Crippen LogP contribution in [-0.4, -0.2) is 0 Å². The molecule has 0 saturated carbocycles. The third-order valence-electron chi connectivity index (χ3n) is 1.11. The summed E-state index contributed by atoms with van der Waals surface area (Å²) in [5.74, 6) is 0. The van der Waals surface area contributed by atoms with E-state index in [1.54, 1.807) is 0 Å². The Morgan fingerprint density at radius 3 is 2.11 bits per heavy atom. The number of rotatable bonds is 0. The Kier molecular flexibility index (Phi) is 7.46. The predicted molar refractivity (Wildman–Crippen MR) is 38.1 cm³/mol. The van der Waals surface area contributed by atoms with Crippen molar-refractivity contribution in [2.45, 2.75) is 20.3 Å². The first-order valence-corrected chi connectivity index (χ1v) is 2.53. The Labute approximate surface area is 81.9 Å². The fraction of sp³-hybridized carbons (Fsp3) is 0.429. The fourth-order valence-corrected chi connectivity index (χ4v) is 0.751. The van der Waals surface area contributed by atoms with Crippen molar-refractivity contribution in [1.82, 2.24) is 0 Å². The van der Waals surface area contributed by atoms with Gasteiger partial charge in [-0.25, -0.2) is 11.6 Å². The van der Waals surface area contributed by atoms with Crippen molar-refractivity contribution in [3.8, 4) is 0 Å². The predicted octanol–water partition coefficient (Wildman–Crippen LogP) is 2.51. The first kappa shape index (κ1) is 12.3. The van der Waals surface area contributed by atoms with Gasteiger partial charge in [-0.05, 0) is 0 Å². The van der Waals surface area contributed by atoms with Crippen molar-refractivity contribution >= 4 is 12.4 Å². The van der Waals surface area contributed by atoms with Gasteiger partial charge in [0.2, 0.25) is 0 Å². The van der Waals surface area contributed by atoms with Crippen LogP contribution in [0.3, 0.4) is 0 Å². The molecular weight excluding hydrogens is 211 g/mol. The number of hydrogen-bond donors (Lipinski definition) is 0. The molecule has 0 heterocycles. The van der Waals surface area contributed by atoms with E-state index in [9.17, 15) is 0 Å². The molecule has 2 heteroatoms. The van der Waals surface area contributed by atoms with Crippen LogP contribution in [0.1, 0.15) is 20.3 Å². The number of hydrogen-bond acceptors (Lipinski definition) is 0. The van der Waals surface area contributed by atoms with E-state index < -0.39 is 0 Å². The Morgan fingerprint density at radius 1 is 1.44 bits per heavy atom. The standard InChI is InChI=1S/C7H9.ClH.Zr/c1-6-3-4-7(2)5-6;;/h5H,3H2,1-2H3;1H;/q-1;;. The Hall–Kier alpha value is 0.653. The van der Waals surface area contributed by atoms with E-state index in [0.29, 0.717) is 0 Å². The van der Waals surface area contributed by atoms with E-state index in [-0.39, 0.29) is 38.6 Å². The van der Waals surface area contributed by atoms with Gasteiger partial charge in [0.1, 0.15) is 0 Å². The molecular formula is C7H10ClZr-. The summed E-state index contributed by atoms with van der Waals surface area (Å²) < 4.78 is 0. The van der Waals surface area contributed by atoms with Gasteiger partial charge in [0.25, 0.3) is 0 Å². The van der Waals surface area contributed by atoms with E-state index in [2.05, 4.69) is 26.0 Å². The average Bonchev–Trinajstić information content (AvgIpc) is 1.87. The molecule has 0 saturated heterocycles. The third-order valence-corrected chi connectivity index (χ3v) is 1.11. The van der Waals surface area contributed by atoms with Crippen LogP contribution >= 0.6 is 12.4 Å². The SMILES string of the molecule is CC1=[C-]CC(C)=C1.Cl.[Zr]. The molecule has 50 valence electrons. The first-order valence-electron chi connectivity index (χ1n) is 2.53. The zero-order valence-corrected chi connectivity index (χ0v) is 8.97. The summed E-state index contributed by atoms with van der Waals surface area (Å²) in [6, 6.07) is 0. The third kappa shape index (κ3) is 4.11. The summed E-state index contributed by atoms with van der Waals surface area (Å²) in [6.45, 7) is 4.21. The van der Waals surface area contributed by atoms with Gasteiger partial charge in [-0.15, -0.1) is 18.8 Å². The van der Waals surface area contributed by atoms with Crippen molar-refractivity contribution in [3.05, 3.63) is 23.3 Å². The first-order chi connectivity index (χ1) is 3.29. The molecule has 1 aliphatic rings. The maximum Gasteiger partial charge on any atom is 0 e. The molecule has 1 aliphatic carbocycles. The number of halogens is 1. The summed E-state index contributed by atoms with van der Waals surface area (Å²) in [5, 5.41) is 0. The van der Waals surface area contributed by atoms with Gasteiger partial charge in [-0.1, -0.05) is 13.8 Å². The van der Waals surface area contributed by atoms with Crippen molar-refractivity contribution in [1.29, 1.82) is 0 Å². The maximum absolute atomic E-state index is 3.19. The van der Waals surface area contributed by atoms with Crippen LogP contribution in [0.15, 0.2) is 17.2 Å². The van der Waals surface area contributed by atoms with Crippen LogP contribution in [0.4, 0.5) is 0 Å². The normalized spacial score (nSPS) is 14.9. The Bertz CT molecular complexity index is 136. The second kappa shape index (κ2) is 5.44. The van der Waals surface area contributed by atoms with E-state index in [1.807, 2.05) is 0 Å². The zero-order valence-electron chi connectivity index (χ0n) is 5.69. The molecule has 0 fully saturated rings. The average molecular weight is 221 g/mol.